The van der Waals surface area contributed by atoms with Crippen LogP contribution in [0.25, 0.3) is 0 Å². The van der Waals surface area contributed by atoms with Crippen molar-refractivity contribution in [3.63, 3.8) is 0 Å². The Labute approximate surface area is 107 Å². The van der Waals surface area contributed by atoms with E-state index in [4.69, 9.17) is 21.1 Å². The third-order valence-corrected chi connectivity index (χ3v) is 2.24. The minimum atomic E-state index is 0.161. The van der Waals surface area contributed by atoms with Crippen molar-refractivity contribution in [1.29, 1.82) is 0 Å². The summed E-state index contributed by atoms with van der Waals surface area (Å²) in [4.78, 5) is 0. The third-order valence-electron chi connectivity index (χ3n) is 2.24. The molecule has 94 valence electrons. The van der Waals surface area contributed by atoms with E-state index in [0.29, 0.717) is 23.5 Å². The number of hydrogen-bond donors (Lipinski definition) is 1. The lowest BCUT2D eigenvalue weighted by Crippen LogP contribution is -2.02. The van der Waals surface area contributed by atoms with E-state index < -0.39 is 0 Å². The van der Waals surface area contributed by atoms with Crippen molar-refractivity contribution < 1.29 is 14.7 Å². The van der Waals surface area contributed by atoms with Gasteiger partial charge in [0.1, 0.15) is 6.61 Å². The second kappa shape index (κ2) is 7.02. The molecule has 1 aromatic rings. The Morgan fingerprint density at radius 2 is 2.33 bits per heavy atom. The molecule has 0 radical (unpaired) electrons. The van der Waals surface area contributed by atoms with Crippen LogP contribution in [0.4, 0.5) is 0 Å². The van der Waals surface area contributed by atoms with Gasteiger partial charge in [-0.3, -0.25) is 0 Å². The summed E-state index contributed by atoms with van der Waals surface area (Å²) in [7, 11) is 1.54. The van der Waals surface area contributed by atoms with Crippen LogP contribution < -0.4 is 9.47 Å². The van der Waals surface area contributed by atoms with Crippen LogP contribution in [0.15, 0.2) is 29.9 Å². The van der Waals surface area contributed by atoms with Crippen LogP contribution in [-0.4, -0.2) is 25.1 Å². The van der Waals surface area contributed by atoms with Gasteiger partial charge in [-0.25, -0.2) is 0 Å². The molecule has 4 nitrogen and oxygen atoms in total. The highest BCUT2D eigenvalue weighted by molar-refractivity contribution is 5.81. The molecule has 18 heavy (non-hydrogen) atoms. The Morgan fingerprint density at radius 3 is 2.89 bits per heavy atom. The van der Waals surface area contributed by atoms with Crippen LogP contribution in [-0.2, 0) is 6.42 Å². The first kappa shape index (κ1) is 13.7. The highest BCUT2D eigenvalue weighted by Gasteiger charge is 2.11. The van der Waals surface area contributed by atoms with Gasteiger partial charge in [0.25, 0.3) is 0 Å². The molecule has 0 fully saturated rings. The second-order valence-electron chi connectivity index (χ2n) is 3.44. The number of benzene rings is 1. The molecule has 0 aliphatic carbocycles. The van der Waals surface area contributed by atoms with Gasteiger partial charge >= 0.3 is 0 Å². The van der Waals surface area contributed by atoms with Crippen LogP contribution in [0.2, 0.25) is 0 Å². The maximum atomic E-state index is 8.57. The first-order chi connectivity index (χ1) is 8.76. The first-order valence-corrected chi connectivity index (χ1v) is 5.32. The zero-order valence-corrected chi connectivity index (χ0v) is 10.2. The Hall–Kier alpha value is -2.41. The lowest BCUT2D eigenvalue weighted by molar-refractivity contribution is 0.321. The maximum absolute atomic E-state index is 8.57. The fourth-order valence-corrected chi connectivity index (χ4v) is 1.56. The van der Waals surface area contributed by atoms with Crippen molar-refractivity contribution in [1.82, 2.24) is 0 Å². The van der Waals surface area contributed by atoms with Crippen molar-refractivity contribution in [2.75, 3.05) is 13.7 Å². The second-order valence-corrected chi connectivity index (χ2v) is 3.44. The lowest BCUT2D eigenvalue weighted by Gasteiger charge is -2.14. The average Bonchev–Trinajstić information content (AvgIpc) is 2.37. The molecule has 0 aliphatic rings. The van der Waals surface area contributed by atoms with Gasteiger partial charge in [0, 0.05) is 11.1 Å². The van der Waals surface area contributed by atoms with E-state index in [2.05, 4.69) is 17.7 Å². The fourth-order valence-electron chi connectivity index (χ4n) is 1.56. The Morgan fingerprint density at radius 1 is 1.56 bits per heavy atom. The number of nitrogens with zero attached hydrogens (tertiary/aromatic N) is 1. The molecule has 0 saturated carbocycles. The van der Waals surface area contributed by atoms with Crippen LogP contribution in [0.3, 0.4) is 0 Å². The number of oxime groups is 1. The molecule has 0 saturated heterocycles. The van der Waals surface area contributed by atoms with E-state index in [1.807, 2.05) is 6.07 Å². The minimum absolute atomic E-state index is 0.161. The van der Waals surface area contributed by atoms with E-state index >= 15 is 0 Å². The SMILES string of the molecule is C#CCOc1c(CC=C)cc(/C=N\O)cc1OC. The molecule has 0 atom stereocenters. The Bertz CT molecular complexity index is 487. The third kappa shape index (κ3) is 3.29. The lowest BCUT2D eigenvalue weighted by atomic mass is 10.1. The van der Waals surface area contributed by atoms with Crippen molar-refractivity contribution in [3.05, 3.63) is 35.9 Å². The summed E-state index contributed by atoms with van der Waals surface area (Å²) in [6, 6.07) is 3.54. The predicted octanol–water partition coefficient (Wildman–Crippen LogP) is 2.24. The zero-order valence-electron chi connectivity index (χ0n) is 10.2. The van der Waals surface area contributed by atoms with Crippen LogP contribution in [0, 0.1) is 12.3 Å². The van der Waals surface area contributed by atoms with Crippen molar-refractivity contribution in [3.8, 4) is 23.8 Å². The molecule has 4 heteroatoms. The summed E-state index contributed by atoms with van der Waals surface area (Å²) >= 11 is 0. The molecule has 0 aromatic heterocycles. The number of ether oxygens (including phenoxy) is 2. The van der Waals surface area contributed by atoms with E-state index in [-0.39, 0.29) is 6.61 Å². The van der Waals surface area contributed by atoms with Gasteiger partial charge in [-0.15, -0.1) is 13.0 Å². The number of rotatable bonds is 6. The summed E-state index contributed by atoms with van der Waals surface area (Å²) < 4.78 is 10.7. The number of terminal acetylenes is 1. The molecule has 0 heterocycles. The number of hydrogen-bond acceptors (Lipinski definition) is 4. The molecule has 0 unspecified atom stereocenters. The van der Waals surface area contributed by atoms with E-state index in [9.17, 15) is 0 Å². The monoisotopic (exact) mass is 245 g/mol. The van der Waals surface area contributed by atoms with Crippen LogP contribution in [0.5, 0.6) is 11.5 Å². The summed E-state index contributed by atoms with van der Waals surface area (Å²) in [6.45, 7) is 3.85. The van der Waals surface area contributed by atoms with E-state index in [1.165, 1.54) is 13.3 Å². The molecule has 1 N–H and O–H groups in total. The van der Waals surface area contributed by atoms with E-state index in [0.717, 1.165) is 5.56 Å². The average molecular weight is 245 g/mol. The highest BCUT2D eigenvalue weighted by Crippen LogP contribution is 2.33. The smallest absolute Gasteiger partial charge is 0.166 e. The molecular formula is C14H15NO3. The highest BCUT2D eigenvalue weighted by atomic mass is 16.5. The van der Waals surface area contributed by atoms with Gasteiger partial charge in [-0.2, -0.15) is 0 Å². The number of methoxy groups -OCH3 is 1. The van der Waals surface area contributed by atoms with Gasteiger partial charge in [0.15, 0.2) is 11.5 Å². The molecule has 1 rings (SSSR count). The molecule has 0 bridgehead atoms. The van der Waals surface area contributed by atoms with Crippen LogP contribution >= 0.6 is 0 Å². The topological polar surface area (TPSA) is 51.0 Å². The molecular weight excluding hydrogens is 230 g/mol. The standard InChI is InChI=1S/C14H15NO3/c1-4-6-12-8-11(10-15-16)9-13(17-3)14(12)18-7-5-2/h2,4,8-10,16H,1,6-7H2,3H3/b15-10-. The van der Waals surface area contributed by atoms with Crippen molar-refractivity contribution in [2.24, 2.45) is 5.16 Å². The summed E-state index contributed by atoms with van der Waals surface area (Å²) in [6.07, 6.45) is 8.85. The number of allylic oxidation sites excluding steroid dienone is 1. The van der Waals surface area contributed by atoms with Crippen LogP contribution in [0.1, 0.15) is 11.1 Å². The Kier molecular flexibility index (Phi) is 5.33. The van der Waals surface area contributed by atoms with Crippen molar-refractivity contribution >= 4 is 6.21 Å². The maximum Gasteiger partial charge on any atom is 0.166 e. The molecule has 1 aromatic carbocycles. The molecule has 0 amide bonds. The summed E-state index contributed by atoms with van der Waals surface area (Å²) in [5.41, 5.74) is 1.58. The minimum Gasteiger partial charge on any atom is -0.493 e. The largest absolute Gasteiger partial charge is 0.493 e. The quantitative estimate of drug-likeness (QED) is 0.275. The van der Waals surface area contributed by atoms with Gasteiger partial charge < -0.3 is 14.7 Å². The summed E-state index contributed by atoms with van der Waals surface area (Å²) in [5.74, 6) is 3.54. The Balaban J connectivity index is 3.26. The fraction of sp³-hybridized carbons (Fsp3) is 0.214. The van der Waals surface area contributed by atoms with E-state index in [1.54, 1.807) is 12.1 Å². The first-order valence-electron chi connectivity index (χ1n) is 5.32. The van der Waals surface area contributed by atoms with Gasteiger partial charge in [0.05, 0.1) is 13.3 Å². The summed E-state index contributed by atoms with van der Waals surface area (Å²) in [5, 5.41) is 11.6. The zero-order chi connectivity index (χ0) is 13.4. The normalized spacial score (nSPS) is 10.0. The van der Waals surface area contributed by atoms with Gasteiger partial charge in [-0.05, 0) is 18.6 Å². The predicted molar refractivity (Wildman–Crippen MR) is 70.6 cm³/mol. The van der Waals surface area contributed by atoms with Gasteiger partial charge in [-0.1, -0.05) is 17.2 Å². The molecule has 0 spiro atoms. The van der Waals surface area contributed by atoms with Crippen molar-refractivity contribution in [2.45, 2.75) is 6.42 Å². The molecule has 0 aliphatic heterocycles. The van der Waals surface area contributed by atoms with Gasteiger partial charge in [0.2, 0.25) is 0 Å².